The zero-order valence-electron chi connectivity index (χ0n) is 17.4. The lowest BCUT2D eigenvalue weighted by atomic mass is 9.86. The summed E-state index contributed by atoms with van der Waals surface area (Å²) in [6.07, 6.45) is 3.48. The van der Waals surface area contributed by atoms with Crippen LogP contribution in [-0.2, 0) is 11.0 Å². The second-order valence-electron chi connectivity index (χ2n) is 7.51. The van der Waals surface area contributed by atoms with E-state index in [1.807, 2.05) is 0 Å². The van der Waals surface area contributed by atoms with E-state index in [2.05, 4.69) is 24.7 Å². The Morgan fingerprint density at radius 3 is 2.84 bits per heavy atom. The lowest BCUT2D eigenvalue weighted by molar-refractivity contribution is -0.108. The highest BCUT2D eigenvalue weighted by Crippen LogP contribution is 2.39. The average Bonchev–Trinajstić information content (AvgIpc) is 3.22. The van der Waals surface area contributed by atoms with Crippen molar-refractivity contribution in [2.75, 3.05) is 30.8 Å². The number of hydrogen-bond donors (Lipinski definition) is 3. The quantitative estimate of drug-likeness (QED) is 0.403. The summed E-state index contributed by atoms with van der Waals surface area (Å²) >= 11 is 0. The molecule has 174 valence electrons. The maximum atomic E-state index is 14.6. The zero-order chi connectivity index (χ0) is 23.5. The van der Waals surface area contributed by atoms with Crippen LogP contribution in [0.2, 0.25) is 0 Å². The molecule has 3 N–H and O–H groups in total. The molecule has 0 radical (unpaired) electrons. The standard InChI is InChI=1S/C19H23F4N7OS/c1-11-8-30(9-12(19(11,22)23)6-28-32(2)31)17-5-14(26-10-27-17)15-7-25-16(29-15)4-3-13(24)18(20)21/h3-5,7,10-12,18,24,28H,6,8-9H2,1-2H3,(H,25,29)/b4-3-,24-13?. The number of rotatable bonds is 8. The topological polar surface area (TPSA) is 111 Å². The van der Waals surface area contributed by atoms with Crippen molar-refractivity contribution in [1.82, 2.24) is 24.7 Å². The van der Waals surface area contributed by atoms with Gasteiger partial charge in [-0.2, -0.15) is 0 Å². The van der Waals surface area contributed by atoms with Crippen LogP contribution >= 0.6 is 0 Å². The van der Waals surface area contributed by atoms with E-state index in [1.165, 1.54) is 31.8 Å². The number of alkyl halides is 4. The van der Waals surface area contributed by atoms with E-state index in [0.717, 1.165) is 6.08 Å². The first-order chi connectivity index (χ1) is 15.1. The number of halogens is 4. The summed E-state index contributed by atoms with van der Waals surface area (Å²) in [5.74, 6) is -4.21. The molecule has 0 aliphatic carbocycles. The molecular formula is C19H23F4N7OS. The molecule has 1 aliphatic heterocycles. The van der Waals surface area contributed by atoms with Crippen LogP contribution in [0.3, 0.4) is 0 Å². The molecule has 0 spiro atoms. The second-order valence-corrected chi connectivity index (χ2v) is 8.71. The number of nitrogens with one attached hydrogen (secondary N) is 3. The third kappa shape index (κ3) is 5.57. The molecule has 3 unspecified atom stereocenters. The van der Waals surface area contributed by atoms with E-state index in [4.69, 9.17) is 5.41 Å². The molecule has 0 amide bonds. The van der Waals surface area contributed by atoms with Gasteiger partial charge in [0.1, 0.15) is 18.0 Å². The second kappa shape index (κ2) is 9.86. The van der Waals surface area contributed by atoms with Crippen molar-refractivity contribution in [2.45, 2.75) is 19.3 Å². The molecule has 0 saturated carbocycles. The molecule has 3 rings (SSSR count). The number of aromatic amines is 1. The first kappa shape index (κ1) is 24.0. The van der Waals surface area contributed by atoms with Gasteiger partial charge in [0.15, 0.2) is 0 Å². The molecule has 2 aromatic rings. The molecule has 3 heterocycles. The minimum atomic E-state index is -2.92. The highest BCUT2D eigenvalue weighted by molar-refractivity contribution is 7.82. The number of piperidine rings is 1. The normalized spacial score (nSPS) is 21.9. The summed E-state index contributed by atoms with van der Waals surface area (Å²) in [6.45, 7) is 1.47. The van der Waals surface area contributed by atoms with Crippen molar-refractivity contribution in [3.05, 3.63) is 30.5 Å². The van der Waals surface area contributed by atoms with Crippen LogP contribution in [0.4, 0.5) is 23.4 Å². The van der Waals surface area contributed by atoms with Crippen molar-refractivity contribution in [1.29, 1.82) is 5.41 Å². The number of allylic oxidation sites excluding steroid dienone is 1. The van der Waals surface area contributed by atoms with Crippen LogP contribution in [0.5, 0.6) is 0 Å². The number of anilines is 1. The maximum absolute atomic E-state index is 14.6. The van der Waals surface area contributed by atoms with Crippen molar-refractivity contribution < 1.29 is 21.8 Å². The fourth-order valence-electron chi connectivity index (χ4n) is 3.38. The fourth-order valence-corrected chi connectivity index (χ4v) is 3.82. The fraction of sp³-hybridized carbons (Fsp3) is 0.474. The molecular weight excluding hydrogens is 450 g/mol. The molecule has 0 aromatic carbocycles. The van der Waals surface area contributed by atoms with E-state index in [0.29, 0.717) is 17.2 Å². The van der Waals surface area contributed by atoms with Gasteiger partial charge in [0.05, 0.1) is 40.2 Å². The summed E-state index contributed by atoms with van der Waals surface area (Å²) in [4.78, 5) is 17.1. The highest BCUT2D eigenvalue weighted by Gasteiger charge is 2.49. The van der Waals surface area contributed by atoms with Crippen LogP contribution in [0.1, 0.15) is 12.7 Å². The van der Waals surface area contributed by atoms with Gasteiger partial charge in [-0.1, -0.05) is 6.92 Å². The number of imidazole rings is 1. The first-order valence-electron chi connectivity index (χ1n) is 9.69. The Labute approximate surface area is 184 Å². The summed E-state index contributed by atoms with van der Waals surface area (Å²) in [5.41, 5.74) is 0.0894. The monoisotopic (exact) mass is 473 g/mol. The highest BCUT2D eigenvalue weighted by atomic mass is 32.2. The van der Waals surface area contributed by atoms with Gasteiger partial charge in [-0.3, -0.25) is 5.41 Å². The van der Waals surface area contributed by atoms with Crippen LogP contribution < -0.4 is 9.62 Å². The SMILES string of the molecule is CC1CN(c2cc(-c3cnc(/C=C\C(=N)C(F)F)[nH]3)ncn2)CC(CNS(C)=O)C1(F)F. The maximum Gasteiger partial charge on any atom is 0.279 e. The van der Waals surface area contributed by atoms with E-state index >= 15 is 0 Å². The molecule has 32 heavy (non-hydrogen) atoms. The summed E-state index contributed by atoms with van der Waals surface area (Å²) in [7, 11) is -1.40. The number of aromatic nitrogens is 4. The minimum Gasteiger partial charge on any atom is -0.355 e. The smallest absolute Gasteiger partial charge is 0.279 e. The van der Waals surface area contributed by atoms with Gasteiger partial charge in [-0.05, 0) is 12.2 Å². The van der Waals surface area contributed by atoms with Gasteiger partial charge in [-0.15, -0.1) is 0 Å². The average molecular weight is 474 g/mol. The number of H-pyrrole nitrogens is 1. The third-order valence-corrected chi connectivity index (χ3v) is 5.75. The number of nitrogens with zero attached hydrogens (tertiary/aromatic N) is 4. The molecule has 2 aromatic heterocycles. The van der Waals surface area contributed by atoms with Gasteiger partial charge >= 0.3 is 0 Å². The van der Waals surface area contributed by atoms with Gasteiger partial charge in [0.25, 0.3) is 12.3 Å². The lowest BCUT2D eigenvalue weighted by Crippen LogP contribution is -2.55. The Hall–Kier alpha value is -2.67. The van der Waals surface area contributed by atoms with Gasteiger partial charge in [0.2, 0.25) is 0 Å². The first-order valence-corrected chi connectivity index (χ1v) is 11.3. The summed E-state index contributed by atoms with van der Waals surface area (Å²) < 4.78 is 68.0. The molecule has 1 saturated heterocycles. The summed E-state index contributed by atoms with van der Waals surface area (Å²) in [5, 5.41) is 7.14. The Kier molecular flexibility index (Phi) is 7.39. The Bertz CT molecular complexity index is 1010. The lowest BCUT2D eigenvalue weighted by Gasteiger charge is -2.43. The van der Waals surface area contributed by atoms with Crippen LogP contribution in [0, 0.1) is 17.2 Å². The molecule has 3 atom stereocenters. The van der Waals surface area contributed by atoms with Crippen LogP contribution in [0.25, 0.3) is 17.5 Å². The van der Waals surface area contributed by atoms with Crippen molar-refractivity contribution in [3.63, 3.8) is 0 Å². The number of hydrogen-bond acceptors (Lipinski definition) is 6. The van der Waals surface area contributed by atoms with Crippen LogP contribution in [-0.4, -0.2) is 68.1 Å². The van der Waals surface area contributed by atoms with Crippen molar-refractivity contribution >= 4 is 28.6 Å². The van der Waals surface area contributed by atoms with Gasteiger partial charge in [-0.25, -0.2) is 41.4 Å². The van der Waals surface area contributed by atoms with Gasteiger partial charge < -0.3 is 9.88 Å². The van der Waals surface area contributed by atoms with E-state index in [-0.39, 0.29) is 25.5 Å². The Balaban J connectivity index is 1.78. The van der Waals surface area contributed by atoms with Crippen molar-refractivity contribution in [2.24, 2.45) is 11.8 Å². The van der Waals surface area contributed by atoms with Crippen molar-refractivity contribution in [3.8, 4) is 11.4 Å². The predicted octanol–water partition coefficient (Wildman–Crippen LogP) is 2.76. The molecule has 8 nitrogen and oxygen atoms in total. The minimum absolute atomic E-state index is 0.0185. The van der Waals surface area contributed by atoms with E-state index in [1.54, 1.807) is 11.0 Å². The molecule has 13 heteroatoms. The third-order valence-electron chi connectivity index (χ3n) is 5.17. The zero-order valence-corrected chi connectivity index (χ0v) is 18.2. The summed E-state index contributed by atoms with van der Waals surface area (Å²) in [6, 6.07) is 1.63. The predicted molar refractivity (Wildman–Crippen MR) is 114 cm³/mol. The molecule has 1 aliphatic rings. The largest absolute Gasteiger partial charge is 0.355 e. The van der Waals surface area contributed by atoms with Gasteiger partial charge in [0, 0.05) is 37.9 Å². The molecule has 0 bridgehead atoms. The van der Waals surface area contributed by atoms with E-state index < -0.39 is 40.9 Å². The Morgan fingerprint density at radius 1 is 1.41 bits per heavy atom. The molecule has 1 fully saturated rings. The van der Waals surface area contributed by atoms with Crippen LogP contribution in [0.15, 0.2) is 24.7 Å². The Morgan fingerprint density at radius 2 is 2.16 bits per heavy atom. The van der Waals surface area contributed by atoms with E-state index in [9.17, 15) is 21.8 Å².